The molecule has 2 rings (SSSR count). The fourth-order valence-corrected chi connectivity index (χ4v) is 2.97. The van der Waals surface area contributed by atoms with Crippen LogP contribution in [0.3, 0.4) is 0 Å². The Balaban J connectivity index is 2.06. The van der Waals surface area contributed by atoms with Crippen molar-refractivity contribution in [3.63, 3.8) is 0 Å². The highest BCUT2D eigenvalue weighted by molar-refractivity contribution is 5.89. The first-order valence-electron chi connectivity index (χ1n) is 6.86. The van der Waals surface area contributed by atoms with E-state index in [0.717, 1.165) is 25.9 Å². The van der Waals surface area contributed by atoms with Crippen molar-refractivity contribution in [3.8, 4) is 0 Å². The summed E-state index contributed by atoms with van der Waals surface area (Å²) in [5.74, 6) is 0.271. The topological polar surface area (TPSA) is 44.8 Å². The fourth-order valence-electron chi connectivity index (χ4n) is 2.97. The zero-order valence-electron chi connectivity index (χ0n) is 11.7. The second kappa shape index (κ2) is 5.27. The van der Waals surface area contributed by atoms with Crippen LogP contribution in [-0.4, -0.2) is 43.9 Å². The molecular formula is C14H24O4. The van der Waals surface area contributed by atoms with Gasteiger partial charge in [-0.25, -0.2) is 0 Å². The maximum absolute atomic E-state index is 12.6. The van der Waals surface area contributed by atoms with Crippen molar-refractivity contribution in [2.24, 2.45) is 5.92 Å². The van der Waals surface area contributed by atoms with Gasteiger partial charge in [-0.15, -0.1) is 0 Å². The van der Waals surface area contributed by atoms with Crippen molar-refractivity contribution >= 4 is 5.78 Å². The summed E-state index contributed by atoms with van der Waals surface area (Å²) < 4.78 is 16.7. The number of carbonyl (C=O) groups excluding carboxylic acids is 1. The van der Waals surface area contributed by atoms with Gasteiger partial charge in [0.2, 0.25) is 0 Å². The number of ether oxygens (including phenoxy) is 3. The average Bonchev–Trinajstić information content (AvgIpc) is 2.85. The van der Waals surface area contributed by atoms with Gasteiger partial charge in [0.1, 0.15) is 5.60 Å². The van der Waals surface area contributed by atoms with Crippen LogP contribution >= 0.6 is 0 Å². The largest absolute Gasteiger partial charge is 0.378 e. The molecule has 1 spiro atoms. The molecule has 2 heterocycles. The van der Waals surface area contributed by atoms with Crippen molar-refractivity contribution in [1.82, 2.24) is 0 Å². The number of rotatable bonds is 4. The Bertz CT molecular complexity index is 303. The Labute approximate surface area is 109 Å². The number of hydrogen-bond acceptors (Lipinski definition) is 4. The lowest BCUT2D eigenvalue weighted by Gasteiger charge is -2.39. The van der Waals surface area contributed by atoms with Gasteiger partial charge in [0, 0.05) is 32.7 Å². The molecule has 0 bridgehead atoms. The molecule has 0 saturated carbocycles. The van der Waals surface area contributed by atoms with Crippen molar-refractivity contribution in [2.45, 2.75) is 50.7 Å². The summed E-state index contributed by atoms with van der Waals surface area (Å²) >= 11 is 0. The van der Waals surface area contributed by atoms with Crippen LogP contribution in [0.25, 0.3) is 0 Å². The number of Topliss-reactive ketones (excluding diaryl/α,β-unsaturated/α-hetero) is 1. The van der Waals surface area contributed by atoms with E-state index < -0.39 is 5.60 Å². The molecule has 18 heavy (non-hydrogen) atoms. The minimum Gasteiger partial charge on any atom is -0.378 e. The lowest BCUT2D eigenvalue weighted by Crippen LogP contribution is -2.48. The van der Waals surface area contributed by atoms with E-state index in [4.69, 9.17) is 14.2 Å². The summed E-state index contributed by atoms with van der Waals surface area (Å²) in [6.07, 6.45) is 3.21. The summed E-state index contributed by atoms with van der Waals surface area (Å²) in [5.41, 5.74) is -0.858. The van der Waals surface area contributed by atoms with Crippen LogP contribution in [0.15, 0.2) is 0 Å². The van der Waals surface area contributed by atoms with Gasteiger partial charge in [-0.05, 0) is 26.2 Å². The van der Waals surface area contributed by atoms with E-state index in [1.807, 2.05) is 13.8 Å². The van der Waals surface area contributed by atoms with E-state index in [2.05, 4.69) is 0 Å². The summed E-state index contributed by atoms with van der Waals surface area (Å²) in [7, 11) is 1.62. The van der Waals surface area contributed by atoms with E-state index in [1.165, 1.54) is 0 Å². The number of hydrogen-bond donors (Lipinski definition) is 0. The molecule has 0 aliphatic carbocycles. The molecule has 0 radical (unpaired) electrons. The van der Waals surface area contributed by atoms with Crippen molar-refractivity contribution in [3.05, 3.63) is 0 Å². The van der Waals surface area contributed by atoms with Gasteiger partial charge in [-0.1, -0.05) is 6.92 Å². The molecule has 0 aromatic carbocycles. The average molecular weight is 256 g/mol. The first-order chi connectivity index (χ1) is 8.55. The quantitative estimate of drug-likeness (QED) is 0.771. The van der Waals surface area contributed by atoms with Gasteiger partial charge in [0.15, 0.2) is 5.78 Å². The molecule has 104 valence electrons. The monoisotopic (exact) mass is 256 g/mol. The smallest absolute Gasteiger partial charge is 0.167 e. The molecule has 0 amide bonds. The summed E-state index contributed by atoms with van der Waals surface area (Å²) in [6.45, 7) is 5.92. The van der Waals surface area contributed by atoms with E-state index >= 15 is 0 Å². The summed E-state index contributed by atoms with van der Waals surface area (Å²) in [6, 6.07) is 0. The molecule has 2 aliphatic heterocycles. The van der Waals surface area contributed by atoms with Crippen molar-refractivity contribution in [2.75, 3.05) is 26.9 Å². The van der Waals surface area contributed by atoms with Crippen molar-refractivity contribution in [1.29, 1.82) is 0 Å². The van der Waals surface area contributed by atoms with Gasteiger partial charge >= 0.3 is 0 Å². The third-order valence-corrected chi connectivity index (χ3v) is 4.58. The Morgan fingerprint density at radius 2 is 2.28 bits per heavy atom. The highest BCUT2D eigenvalue weighted by atomic mass is 16.6. The van der Waals surface area contributed by atoms with E-state index in [0.29, 0.717) is 19.6 Å². The third kappa shape index (κ3) is 2.46. The second-order valence-electron chi connectivity index (χ2n) is 5.68. The minimum atomic E-state index is -0.650. The maximum atomic E-state index is 12.6. The first-order valence-corrected chi connectivity index (χ1v) is 6.86. The predicted molar refractivity (Wildman–Crippen MR) is 67.6 cm³/mol. The van der Waals surface area contributed by atoms with Crippen LogP contribution in [0.1, 0.15) is 39.5 Å². The highest BCUT2D eigenvalue weighted by Gasteiger charge is 2.46. The van der Waals surface area contributed by atoms with E-state index in [-0.39, 0.29) is 17.3 Å². The molecular weight excluding hydrogens is 232 g/mol. The van der Waals surface area contributed by atoms with Crippen LogP contribution in [0.5, 0.6) is 0 Å². The number of carbonyl (C=O) groups is 1. The third-order valence-electron chi connectivity index (χ3n) is 4.58. The molecule has 0 aromatic heterocycles. The summed E-state index contributed by atoms with van der Waals surface area (Å²) in [5, 5.41) is 0. The molecule has 0 aromatic rings. The van der Waals surface area contributed by atoms with Gasteiger partial charge in [-0.3, -0.25) is 4.79 Å². The molecule has 2 fully saturated rings. The van der Waals surface area contributed by atoms with Crippen LogP contribution < -0.4 is 0 Å². The molecule has 2 saturated heterocycles. The van der Waals surface area contributed by atoms with E-state index in [1.54, 1.807) is 7.11 Å². The highest BCUT2D eigenvalue weighted by Crippen LogP contribution is 2.38. The lowest BCUT2D eigenvalue weighted by molar-refractivity contribution is -0.155. The zero-order valence-corrected chi connectivity index (χ0v) is 11.7. The maximum Gasteiger partial charge on any atom is 0.167 e. The van der Waals surface area contributed by atoms with Crippen LogP contribution in [0.4, 0.5) is 0 Å². The molecule has 0 N–H and O–H groups in total. The van der Waals surface area contributed by atoms with E-state index in [9.17, 15) is 4.79 Å². The van der Waals surface area contributed by atoms with Crippen LogP contribution in [-0.2, 0) is 19.0 Å². The molecule has 4 heteroatoms. The normalized spacial score (nSPS) is 35.6. The Morgan fingerprint density at radius 1 is 1.50 bits per heavy atom. The predicted octanol–water partition coefficient (Wildman–Crippen LogP) is 1.96. The Morgan fingerprint density at radius 3 is 2.83 bits per heavy atom. The zero-order chi connectivity index (χ0) is 13.2. The van der Waals surface area contributed by atoms with Crippen LogP contribution in [0, 0.1) is 5.92 Å². The van der Waals surface area contributed by atoms with Gasteiger partial charge in [0.25, 0.3) is 0 Å². The van der Waals surface area contributed by atoms with Gasteiger partial charge in [0.05, 0.1) is 12.2 Å². The molecule has 2 aliphatic rings. The fraction of sp³-hybridized carbons (Fsp3) is 0.929. The molecule has 4 nitrogen and oxygen atoms in total. The number of ketones is 1. The lowest BCUT2D eigenvalue weighted by atomic mass is 9.77. The Hall–Kier alpha value is -0.450. The summed E-state index contributed by atoms with van der Waals surface area (Å²) in [4.78, 5) is 12.6. The number of methoxy groups -OCH3 is 1. The second-order valence-corrected chi connectivity index (χ2v) is 5.68. The van der Waals surface area contributed by atoms with Crippen LogP contribution in [0.2, 0.25) is 0 Å². The SMILES string of the molecule is CCC(C)(OC)C(=O)C1CCOC2(CCOC2)C1. The molecule has 3 unspecified atom stereocenters. The van der Waals surface area contributed by atoms with Crippen molar-refractivity contribution < 1.29 is 19.0 Å². The van der Waals surface area contributed by atoms with Gasteiger partial charge < -0.3 is 14.2 Å². The standard InChI is InChI=1S/C14H24O4/c1-4-13(2,16-3)12(15)11-5-7-18-14(9-11)6-8-17-10-14/h11H,4-10H2,1-3H3. The Kier molecular flexibility index (Phi) is 4.09. The minimum absolute atomic E-state index is 0.0466. The molecule has 3 atom stereocenters. The first kappa shape index (κ1) is 14.0. The van der Waals surface area contributed by atoms with Gasteiger partial charge in [-0.2, -0.15) is 0 Å².